The molecule has 1 aliphatic rings. The van der Waals surface area contributed by atoms with Gasteiger partial charge in [-0.25, -0.2) is 0 Å². The molecule has 1 fully saturated rings. The van der Waals surface area contributed by atoms with Crippen LogP contribution in [0.25, 0.3) is 0 Å². The summed E-state index contributed by atoms with van der Waals surface area (Å²) < 4.78 is 0. The van der Waals surface area contributed by atoms with Crippen LogP contribution in [-0.2, 0) is 4.79 Å². The summed E-state index contributed by atoms with van der Waals surface area (Å²) in [6, 6.07) is 0.575. The van der Waals surface area contributed by atoms with E-state index >= 15 is 0 Å². The maximum atomic E-state index is 11.3. The third-order valence-corrected chi connectivity index (χ3v) is 2.54. The highest BCUT2D eigenvalue weighted by molar-refractivity contribution is 5.76. The Kier molecular flexibility index (Phi) is 4.90. The molecule has 1 aliphatic heterocycles. The lowest BCUT2D eigenvalue weighted by atomic mass is 10.1. The second kappa shape index (κ2) is 5.98. The molecule has 4 heteroatoms. The zero-order valence-electron chi connectivity index (χ0n) is 9.10. The summed E-state index contributed by atoms with van der Waals surface area (Å²) in [7, 11) is 0. The number of carbonyl (C=O) groups excluding carboxylic acids is 1. The Balaban J connectivity index is 2.25. The van der Waals surface area contributed by atoms with E-state index in [1.807, 2.05) is 6.92 Å². The van der Waals surface area contributed by atoms with Gasteiger partial charge in [0.15, 0.2) is 0 Å². The van der Waals surface area contributed by atoms with Gasteiger partial charge in [-0.15, -0.1) is 0 Å². The topological polar surface area (TPSA) is 53.2 Å². The van der Waals surface area contributed by atoms with Crippen molar-refractivity contribution in [2.75, 3.05) is 19.6 Å². The van der Waals surface area contributed by atoms with Crippen molar-refractivity contribution in [2.24, 2.45) is 0 Å². The van der Waals surface area contributed by atoms with Gasteiger partial charge in [-0.3, -0.25) is 4.79 Å². The lowest BCUT2D eigenvalue weighted by Crippen LogP contribution is -2.57. The Bertz CT molecular complexity index is 178. The van der Waals surface area contributed by atoms with Crippen LogP contribution in [0.4, 0.5) is 0 Å². The van der Waals surface area contributed by atoms with Crippen LogP contribution in [0.3, 0.4) is 0 Å². The van der Waals surface area contributed by atoms with Crippen molar-refractivity contribution in [3.05, 3.63) is 0 Å². The molecule has 0 aromatic carbocycles. The molecule has 82 valence electrons. The number of nitrogens with one attached hydrogen (secondary N) is 3. The van der Waals surface area contributed by atoms with Crippen LogP contribution in [0.1, 0.15) is 26.7 Å². The van der Waals surface area contributed by atoms with Crippen molar-refractivity contribution in [1.29, 1.82) is 0 Å². The lowest BCUT2D eigenvalue weighted by molar-refractivity contribution is -0.121. The molecule has 2 unspecified atom stereocenters. The minimum Gasteiger partial charge on any atom is -0.352 e. The summed E-state index contributed by atoms with van der Waals surface area (Å²) >= 11 is 0. The van der Waals surface area contributed by atoms with Crippen molar-refractivity contribution in [1.82, 2.24) is 16.0 Å². The number of hydrogen-bond donors (Lipinski definition) is 3. The molecule has 0 aromatic heterocycles. The Morgan fingerprint density at radius 3 is 2.93 bits per heavy atom. The van der Waals surface area contributed by atoms with Gasteiger partial charge < -0.3 is 16.0 Å². The molecule has 0 spiro atoms. The maximum absolute atomic E-state index is 11.3. The second-order valence-corrected chi connectivity index (χ2v) is 3.87. The maximum Gasteiger partial charge on any atom is 0.220 e. The van der Waals surface area contributed by atoms with E-state index in [4.69, 9.17) is 0 Å². The van der Waals surface area contributed by atoms with E-state index in [2.05, 4.69) is 22.9 Å². The third-order valence-electron chi connectivity index (χ3n) is 2.54. The van der Waals surface area contributed by atoms with Gasteiger partial charge in [0.2, 0.25) is 5.91 Å². The van der Waals surface area contributed by atoms with Gasteiger partial charge in [0.1, 0.15) is 0 Å². The van der Waals surface area contributed by atoms with Crippen molar-refractivity contribution in [2.45, 2.75) is 38.8 Å². The molecule has 1 rings (SSSR count). The molecule has 1 saturated heterocycles. The zero-order chi connectivity index (χ0) is 10.4. The second-order valence-electron chi connectivity index (χ2n) is 3.87. The summed E-state index contributed by atoms with van der Waals surface area (Å²) in [5.74, 6) is 0.160. The molecule has 0 aromatic rings. The molecule has 1 amide bonds. The summed E-state index contributed by atoms with van der Waals surface area (Å²) in [6.45, 7) is 7.02. The van der Waals surface area contributed by atoms with Crippen molar-refractivity contribution < 1.29 is 4.79 Å². The third kappa shape index (κ3) is 3.64. The van der Waals surface area contributed by atoms with Crippen LogP contribution in [-0.4, -0.2) is 37.6 Å². The van der Waals surface area contributed by atoms with Gasteiger partial charge in [0.25, 0.3) is 0 Å². The molecule has 0 saturated carbocycles. The Hall–Kier alpha value is -0.610. The van der Waals surface area contributed by atoms with Gasteiger partial charge in [-0.1, -0.05) is 6.92 Å². The lowest BCUT2D eigenvalue weighted by Gasteiger charge is -2.30. The molecule has 4 nitrogen and oxygen atoms in total. The predicted octanol–water partition coefficient (Wildman–Crippen LogP) is -0.147. The highest BCUT2D eigenvalue weighted by atomic mass is 16.1. The molecule has 1 heterocycles. The first-order valence-corrected chi connectivity index (χ1v) is 5.47. The molecule has 14 heavy (non-hydrogen) atoms. The fourth-order valence-electron chi connectivity index (χ4n) is 1.68. The van der Waals surface area contributed by atoms with E-state index in [9.17, 15) is 4.79 Å². The van der Waals surface area contributed by atoms with Gasteiger partial charge in [0.05, 0.1) is 0 Å². The summed E-state index contributed by atoms with van der Waals surface area (Å²) in [4.78, 5) is 11.3. The predicted molar refractivity (Wildman–Crippen MR) is 57.2 cm³/mol. The first kappa shape index (κ1) is 11.5. The fraction of sp³-hybridized carbons (Fsp3) is 0.900. The van der Waals surface area contributed by atoms with Gasteiger partial charge in [0, 0.05) is 38.1 Å². The summed E-state index contributed by atoms with van der Waals surface area (Å²) in [6.07, 6.45) is 1.54. The number of rotatable bonds is 4. The number of amides is 1. The Morgan fingerprint density at radius 1 is 1.57 bits per heavy atom. The molecule has 3 N–H and O–H groups in total. The van der Waals surface area contributed by atoms with Gasteiger partial charge in [-0.05, 0) is 13.3 Å². The SMILES string of the molecule is CCCC(=O)NC(C)C1CNCCN1. The van der Waals surface area contributed by atoms with E-state index in [0.29, 0.717) is 12.5 Å². The smallest absolute Gasteiger partial charge is 0.220 e. The summed E-state index contributed by atoms with van der Waals surface area (Å²) in [5.41, 5.74) is 0. The summed E-state index contributed by atoms with van der Waals surface area (Å²) in [5, 5.41) is 9.71. The fourth-order valence-corrected chi connectivity index (χ4v) is 1.68. The van der Waals surface area contributed by atoms with Crippen LogP contribution in [0.5, 0.6) is 0 Å². The molecular weight excluding hydrogens is 178 g/mol. The molecular formula is C10H21N3O. The van der Waals surface area contributed by atoms with Crippen LogP contribution >= 0.6 is 0 Å². The van der Waals surface area contributed by atoms with Crippen LogP contribution in [0, 0.1) is 0 Å². The highest BCUT2D eigenvalue weighted by Gasteiger charge is 2.19. The van der Waals surface area contributed by atoms with Crippen LogP contribution in [0.15, 0.2) is 0 Å². The average Bonchev–Trinajstić information content (AvgIpc) is 2.19. The first-order valence-electron chi connectivity index (χ1n) is 5.47. The average molecular weight is 199 g/mol. The van der Waals surface area contributed by atoms with Crippen LogP contribution in [0.2, 0.25) is 0 Å². The van der Waals surface area contributed by atoms with Crippen molar-refractivity contribution in [3.63, 3.8) is 0 Å². The van der Waals surface area contributed by atoms with E-state index in [0.717, 1.165) is 26.1 Å². The Labute approximate surface area is 85.8 Å². The molecule has 0 radical (unpaired) electrons. The molecule has 0 aliphatic carbocycles. The normalized spacial score (nSPS) is 24.3. The highest BCUT2D eigenvalue weighted by Crippen LogP contribution is 1.96. The number of piperazine rings is 1. The molecule has 2 atom stereocenters. The van der Waals surface area contributed by atoms with E-state index in [1.165, 1.54) is 0 Å². The van der Waals surface area contributed by atoms with E-state index < -0.39 is 0 Å². The number of hydrogen-bond acceptors (Lipinski definition) is 3. The molecule has 0 bridgehead atoms. The van der Waals surface area contributed by atoms with E-state index in [-0.39, 0.29) is 11.9 Å². The minimum atomic E-state index is 0.160. The number of carbonyl (C=O) groups is 1. The quantitative estimate of drug-likeness (QED) is 0.590. The standard InChI is InChI=1S/C10H21N3O/c1-3-4-10(14)13-8(2)9-7-11-5-6-12-9/h8-9,11-12H,3-7H2,1-2H3,(H,13,14). The van der Waals surface area contributed by atoms with Crippen molar-refractivity contribution >= 4 is 5.91 Å². The largest absolute Gasteiger partial charge is 0.352 e. The zero-order valence-corrected chi connectivity index (χ0v) is 9.10. The van der Waals surface area contributed by atoms with Gasteiger partial charge >= 0.3 is 0 Å². The van der Waals surface area contributed by atoms with Crippen molar-refractivity contribution in [3.8, 4) is 0 Å². The minimum absolute atomic E-state index is 0.160. The first-order chi connectivity index (χ1) is 6.74. The van der Waals surface area contributed by atoms with Gasteiger partial charge in [-0.2, -0.15) is 0 Å². The van der Waals surface area contributed by atoms with E-state index in [1.54, 1.807) is 0 Å². The monoisotopic (exact) mass is 199 g/mol. The Morgan fingerprint density at radius 2 is 2.36 bits per heavy atom. The van der Waals surface area contributed by atoms with Crippen LogP contribution < -0.4 is 16.0 Å².